The molecule has 2 fully saturated rings. The first-order valence-corrected chi connectivity index (χ1v) is 7.89. The van der Waals surface area contributed by atoms with E-state index in [0.717, 1.165) is 0 Å². The van der Waals surface area contributed by atoms with Gasteiger partial charge < -0.3 is 5.73 Å². The number of hydrogen-bond donors (Lipinski definition) is 1. The predicted molar refractivity (Wildman–Crippen MR) is 82.2 cm³/mol. The number of rotatable bonds is 2. The second kappa shape index (κ2) is 5.34. The molecule has 1 heterocycles. The maximum atomic E-state index is 6.38. The predicted octanol–water partition coefficient (Wildman–Crippen LogP) is 2.17. The van der Waals surface area contributed by atoms with Crippen molar-refractivity contribution >= 4 is 0 Å². The van der Waals surface area contributed by atoms with Gasteiger partial charge in [0.1, 0.15) is 0 Å². The minimum atomic E-state index is 0.298. The molecule has 0 bridgehead atoms. The van der Waals surface area contributed by atoms with Gasteiger partial charge in [-0.1, -0.05) is 13.8 Å². The van der Waals surface area contributed by atoms with Crippen LogP contribution in [0.4, 0.5) is 0 Å². The Labute approximate surface area is 119 Å². The Balaban J connectivity index is 1.93. The number of likely N-dealkylation sites (N-methyl/N-ethyl adjacent to an activating group) is 1. The van der Waals surface area contributed by atoms with Crippen molar-refractivity contribution in [3.8, 4) is 0 Å². The van der Waals surface area contributed by atoms with Crippen molar-refractivity contribution in [1.82, 2.24) is 9.80 Å². The lowest BCUT2D eigenvalue weighted by molar-refractivity contribution is 0.0189. The topological polar surface area (TPSA) is 32.5 Å². The van der Waals surface area contributed by atoms with Crippen LogP contribution >= 0.6 is 0 Å². The molecule has 112 valence electrons. The van der Waals surface area contributed by atoms with Crippen molar-refractivity contribution < 1.29 is 0 Å². The molecular weight excluding hydrogens is 234 g/mol. The third kappa shape index (κ3) is 3.71. The van der Waals surface area contributed by atoms with Crippen LogP contribution in [-0.4, -0.2) is 54.6 Å². The van der Waals surface area contributed by atoms with Gasteiger partial charge in [0.25, 0.3) is 0 Å². The Bertz CT molecular complexity index is 311. The number of nitrogens with zero attached hydrogens (tertiary/aromatic N) is 2. The lowest BCUT2D eigenvalue weighted by atomic mass is 9.70. The fourth-order valence-electron chi connectivity index (χ4n) is 3.78. The van der Waals surface area contributed by atoms with Crippen LogP contribution in [0.15, 0.2) is 0 Å². The Kier molecular flexibility index (Phi) is 4.29. The summed E-state index contributed by atoms with van der Waals surface area (Å²) in [5.41, 5.74) is 7.16. The molecule has 3 nitrogen and oxygen atoms in total. The molecule has 0 radical (unpaired) electrons. The van der Waals surface area contributed by atoms with E-state index >= 15 is 0 Å². The molecule has 2 atom stereocenters. The minimum absolute atomic E-state index is 0.298. The van der Waals surface area contributed by atoms with Crippen molar-refractivity contribution in [3.63, 3.8) is 0 Å². The second-order valence-corrected chi connectivity index (χ2v) is 8.30. The Hall–Kier alpha value is -0.120. The highest BCUT2D eigenvalue weighted by atomic mass is 15.3. The summed E-state index contributed by atoms with van der Waals surface area (Å²) in [5, 5.41) is 0. The van der Waals surface area contributed by atoms with Crippen LogP contribution in [0, 0.1) is 11.3 Å². The second-order valence-electron chi connectivity index (χ2n) is 8.30. The zero-order valence-corrected chi connectivity index (χ0v) is 13.6. The normalized spacial score (nSPS) is 36.3. The van der Waals surface area contributed by atoms with Crippen LogP contribution in [0.25, 0.3) is 0 Å². The molecule has 2 unspecified atom stereocenters. The fourth-order valence-corrected chi connectivity index (χ4v) is 3.78. The SMILES string of the molecule is CN1CCN(CC2CC(C)(C)CCC2N)CC1(C)C. The maximum absolute atomic E-state index is 6.38. The molecule has 3 heteroatoms. The molecular formula is C16H33N3. The molecule has 1 aliphatic carbocycles. The van der Waals surface area contributed by atoms with Gasteiger partial charge in [-0.05, 0) is 51.5 Å². The van der Waals surface area contributed by atoms with Crippen LogP contribution in [-0.2, 0) is 0 Å². The molecule has 2 N–H and O–H groups in total. The van der Waals surface area contributed by atoms with E-state index in [2.05, 4.69) is 44.5 Å². The standard InChI is InChI=1S/C16H33N3/c1-15(2)7-6-14(17)13(10-15)11-19-9-8-18(5)16(3,4)12-19/h13-14H,6-12,17H2,1-5H3. The summed E-state index contributed by atoms with van der Waals surface area (Å²) in [6.07, 6.45) is 3.79. The van der Waals surface area contributed by atoms with Gasteiger partial charge in [0.15, 0.2) is 0 Å². The van der Waals surface area contributed by atoms with Crippen LogP contribution < -0.4 is 5.73 Å². The average molecular weight is 267 g/mol. The van der Waals surface area contributed by atoms with E-state index in [1.807, 2.05) is 0 Å². The summed E-state index contributed by atoms with van der Waals surface area (Å²) < 4.78 is 0. The first kappa shape index (κ1) is 15.3. The van der Waals surface area contributed by atoms with E-state index in [9.17, 15) is 0 Å². The molecule has 0 aromatic carbocycles. The lowest BCUT2D eigenvalue weighted by Crippen LogP contribution is -2.59. The van der Waals surface area contributed by atoms with E-state index in [-0.39, 0.29) is 0 Å². The van der Waals surface area contributed by atoms with E-state index in [0.29, 0.717) is 22.9 Å². The number of nitrogens with two attached hydrogens (primary N) is 1. The summed E-state index contributed by atoms with van der Waals surface area (Å²) in [5.74, 6) is 0.683. The number of piperazine rings is 1. The summed E-state index contributed by atoms with van der Waals surface area (Å²) in [6.45, 7) is 14.3. The van der Waals surface area contributed by atoms with Gasteiger partial charge in [0, 0.05) is 37.8 Å². The zero-order chi connectivity index (χ0) is 14.3. The quantitative estimate of drug-likeness (QED) is 0.832. The first-order chi connectivity index (χ1) is 8.70. The van der Waals surface area contributed by atoms with Crippen LogP contribution in [0.3, 0.4) is 0 Å². The van der Waals surface area contributed by atoms with Gasteiger partial charge in [-0.2, -0.15) is 0 Å². The third-order valence-corrected chi connectivity index (χ3v) is 5.46. The van der Waals surface area contributed by atoms with Gasteiger partial charge in [0.05, 0.1) is 0 Å². The van der Waals surface area contributed by atoms with Gasteiger partial charge in [-0.15, -0.1) is 0 Å². The van der Waals surface area contributed by atoms with E-state index in [1.54, 1.807) is 0 Å². The molecule has 1 saturated carbocycles. The summed E-state index contributed by atoms with van der Waals surface area (Å²) >= 11 is 0. The third-order valence-electron chi connectivity index (χ3n) is 5.46. The maximum Gasteiger partial charge on any atom is 0.0277 e. The minimum Gasteiger partial charge on any atom is -0.327 e. The van der Waals surface area contributed by atoms with Crippen molar-refractivity contribution in [2.24, 2.45) is 17.1 Å². The van der Waals surface area contributed by atoms with Gasteiger partial charge in [-0.3, -0.25) is 9.80 Å². The smallest absolute Gasteiger partial charge is 0.0277 e. The molecule has 1 saturated heterocycles. The van der Waals surface area contributed by atoms with Gasteiger partial charge >= 0.3 is 0 Å². The Morgan fingerprint density at radius 1 is 1.16 bits per heavy atom. The molecule has 1 aliphatic heterocycles. The Morgan fingerprint density at radius 3 is 2.47 bits per heavy atom. The highest BCUT2D eigenvalue weighted by molar-refractivity contribution is 4.92. The molecule has 0 aromatic rings. The summed E-state index contributed by atoms with van der Waals surface area (Å²) in [6, 6.07) is 0.413. The van der Waals surface area contributed by atoms with Crippen LogP contribution in [0.1, 0.15) is 47.0 Å². The Morgan fingerprint density at radius 2 is 1.84 bits per heavy atom. The monoisotopic (exact) mass is 267 g/mol. The van der Waals surface area contributed by atoms with E-state index in [1.165, 1.54) is 45.4 Å². The van der Waals surface area contributed by atoms with Gasteiger partial charge in [0.2, 0.25) is 0 Å². The highest BCUT2D eigenvalue weighted by Gasteiger charge is 2.36. The van der Waals surface area contributed by atoms with Crippen molar-refractivity contribution in [2.75, 3.05) is 33.2 Å². The lowest BCUT2D eigenvalue weighted by Gasteiger charge is -2.48. The van der Waals surface area contributed by atoms with E-state index in [4.69, 9.17) is 5.73 Å². The zero-order valence-electron chi connectivity index (χ0n) is 13.6. The van der Waals surface area contributed by atoms with Gasteiger partial charge in [-0.25, -0.2) is 0 Å². The van der Waals surface area contributed by atoms with Crippen LogP contribution in [0.2, 0.25) is 0 Å². The fraction of sp³-hybridized carbons (Fsp3) is 1.00. The van der Waals surface area contributed by atoms with E-state index < -0.39 is 0 Å². The summed E-state index contributed by atoms with van der Waals surface area (Å²) in [4.78, 5) is 5.13. The van der Waals surface area contributed by atoms with Crippen molar-refractivity contribution in [1.29, 1.82) is 0 Å². The average Bonchev–Trinajstić information content (AvgIpc) is 2.28. The molecule has 2 rings (SSSR count). The highest BCUT2D eigenvalue weighted by Crippen LogP contribution is 2.38. The molecule has 19 heavy (non-hydrogen) atoms. The van der Waals surface area contributed by atoms with Crippen molar-refractivity contribution in [2.45, 2.75) is 58.5 Å². The molecule has 0 aromatic heterocycles. The van der Waals surface area contributed by atoms with Crippen molar-refractivity contribution in [3.05, 3.63) is 0 Å². The number of hydrogen-bond acceptors (Lipinski definition) is 3. The first-order valence-electron chi connectivity index (χ1n) is 7.89. The summed E-state index contributed by atoms with van der Waals surface area (Å²) in [7, 11) is 2.24. The molecule has 0 amide bonds. The molecule has 2 aliphatic rings. The van der Waals surface area contributed by atoms with Crippen LogP contribution in [0.5, 0.6) is 0 Å². The molecule has 0 spiro atoms. The largest absolute Gasteiger partial charge is 0.327 e.